The number of hydrogen-bond donors (Lipinski definition) is 0. The first-order valence-electron chi connectivity index (χ1n) is 9.03. The maximum absolute atomic E-state index is 12.2. The van der Waals surface area contributed by atoms with E-state index in [1.54, 1.807) is 0 Å². The molecular formula is C22H20O4S. The van der Waals surface area contributed by atoms with Crippen molar-refractivity contribution in [3.8, 4) is 0 Å². The van der Waals surface area contributed by atoms with E-state index in [1.165, 1.54) is 29.0 Å². The van der Waals surface area contributed by atoms with Crippen molar-refractivity contribution in [2.45, 2.75) is 37.7 Å². The Hall–Kier alpha value is -2.53. The molecule has 0 bridgehead atoms. The number of hydrogen-bond acceptors (Lipinski definition) is 5. The van der Waals surface area contributed by atoms with Crippen LogP contribution in [0.2, 0.25) is 0 Å². The van der Waals surface area contributed by atoms with Crippen LogP contribution in [0.1, 0.15) is 28.7 Å². The molecule has 0 unspecified atom stereocenters. The lowest BCUT2D eigenvalue weighted by molar-refractivity contribution is -0.141. The first kappa shape index (κ1) is 17.9. The quantitative estimate of drug-likeness (QED) is 0.372. The Morgan fingerprint density at radius 3 is 2.74 bits per heavy atom. The van der Waals surface area contributed by atoms with Gasteiger partial charge in [0.1, 0.15) is 12.2 Å². The van der Waals surface area contributed by atoms with Crippen LogP contribution in [0.4, 0.5) is 0 Å². The Bertz CT molecular complexity index is 1070. The van der Waals surface area contributed by atoms with Crippen LogP contribution in [-0.2, 0) is 29.0 Å². The molecule has 0 amide bonds. The molecule has 5 heteroatoms. The number of carbonyl (C=O) groups is 1. The molecule has 3 aromatic rings. The summed E-state index contributed by atoms with van der Waals surface area (Å²) in [5.41, 5.74) is 4.53. The highest BCUT2D eigenvalue weighted by Gasteiger charge is 2.16. The van der Waals surface area contributed by atoms with Gasteiger partial charge in [0.25, 0.3) is 0 Å². The Balaban J connectivity index is 1.48. The standard InChI is InChI=1S/C22H20O4S/c1-14-5-2-3-8-20(14)27-13-22(24)25-12-17-11-21(23)26-19-10-16-7-4-6-15(16)9-18(17)19/h2-3,5,8-11H,4,6-7,12-13H2,1H3. The van der Waals surface area contributed by atoms with E-state index in [0.29, 0.717) is 11.1 Å². The molecule has 0 fully saturated rings. The molecule has 2 aromatic carbocycles. The van der Waals surface area contributed by atoms with E-state index in [1.807, 2.05) is 37.3 Å². The van der Waals surface area contributed by atoms with Crippen LogP contribution in [0.25, 0.3) is 11.0 Å². The molecule has 0 aliphatic heterocycles. The van der Waals surface area contributed by atoms with Gasteiger partial charge in [-0.15, -0.1) is 11.8 Å². The second-order valence-electron chi connectivity index (χ2n) is 6.78. The molecular weight excluding hydrogens is 360 g/mol. The zero-order chi connectivity index (χ0) is 18.8. The Kier molecular flexibility index (Phi) is 5.03. The number of benzene rings is 2. The molecule has 1 heterocycles. The van der Waals surface area contributed by atoms with Crippen LogP contribution in [0.3, 0.4) is 0 Å². The van der Waals surface area contributed by atoms with Crippen molar-refractivity contribution in [2.75, 3.05) is 5.75 Å². The van der Waals surface area contributed by atoms with Crippen LogP contribution >= 0.6 is 11.8 Å². The molecule has 27 heavy (non-hydrogen) atoms. The lowest BCUT2D eigenvalue weighted by Crippen LogP contribution is -2.09. The Morgan fingerprint density at radius 1 is 1.15 bits per heavy atom. The SMILES string of the molecule is Cc1ccccc1SCC(=O)OCc1cc(=O)oc2cc3c(cc12)CCC3. The van der Waals surface area contributed by atoms with E-state index in [4.69, 9.17) is 9.15 Å². The maximum Gasteiger partial charge on any atom is 0.336 e. The van der Waals surface area contributed by atoms with Gasteiger partial charge in [-0.1, -0.05) is 18.2 Å². The Labute approximate surface area is 161 Å². The summed E-state index contributed by atoms with van der Waals surface area (Å²) in [5.74, 6) is -0.0644. The molecule has 4 nitrogen and oxygen atoms in total. The third-order valence-electron chi connectivity index (χ3n) is 4.87. The lowest BCUT2D eigenvalue weighted by atomic mass is 10.0. The van der Waals surface area contributed by atoms with Gasteiger partial charge in [0.15, 0.2) is 0 Å². The van der Waals surface area contributed by atoms with E-state index in [-0.39, 0.29) is 18.3 Å². The van der Waals surface area contributed by atoms with Gasteiger partial charge < -0.3 is 9.15 Å². The second kappa shape index (κ2) is 7.61. The van der Waals surface area contributed by atoms with Crippen molar-refractivity contribution in [2.24, 2.45) is 0 Å². The van der Waals surface area contributed by atoms with Gasteiger partial charge in [-0.2, -0.15) is 0 Å². The number of esters is 1. The van der Waals surface area contributed by atoms with Crippen LogP contribution in [0.5, 0.6) is 0 Å². The van der Waals surface area contributed by atoms with Crippen molar-refractivity contribution in [1.82, 2.24) is 0 Å². The number of aryl methyl sites for hydroxylation is 3. The van der Waals surface area contributed by atoms with E-state index < -0.39 is 5.63 Å². The fourth-order valence-corrected chi connectivity index (χ4v) is 4.30. The summed E-state index contributed by atoms with van der Waals surface area (Å²) in [6.45, 7) is 2.09. The topological polar surface area (TPSA) is 56.5 Å². The minimum absolute atomic E-state index is 0.0774. The fraction of sp³-hybridized carbons (Fsp3) is 0.273. The van der Waals surface area contributed by atoms with E-state index in [2.05, 4.69) is 6.07 Å². The van der Waals surface area contributed by atoms with Gasteiger partial charge in [-0.3, -0.25) is 4.79 Å². The highest BCUT2D eigenvalue weighted by atomic mass is 32.2. The number of ether oxygens (including phenoxy) is 1. The molecule has 4 rings (SSSR count). The number of carbonyl (C=O) groups excluding carboxylic acids is 1. The first-order chi connectivity index (χ1) is 13.1. The minimum Gasteiger partial charge on any atom is -0.460 e. The van der Waals surface area contributed by atoms with Gasteiger partial charge in [0.2, 0.25) is 0 Å². The molecule has 0 radical (unpaired) electrons. The Morgan fingerprint density at radius 2 is 1.93 bits per heavy atom. The zero-order valence-corrected chi connectivity index (χ0v) is 15.9. The van der Waals surface area contributed by atoms with Gasteiger partial charge in [-0.25, -0.2) is 4.79 Å². The van der Waals surface area contributed by atoms with E-state index in [0.717, 1.165) is 35.1 Å². The van der Waals surface area contributed by atoms with Crippen molar-refractivity contribution in [3.05, 3.63) is 75.1 Å². The number of fused-ring (bicyclic) bond motifs is 2. The molecule has 138 valence electrons. The molecule has 0 atom stereocenters. The van der Waals surface area contributed by atoms with Crippen LogP contribution in [0.15, 0.2) is 56.6 Å². The van der Waals surface area contributed by atoms with Crippen LogP contribution < -0.4 is 5.63 Å². The smallest absolute Gasteiger partial charge is 0.336 e. The van der Waals surface area contributed by atoms with Crippen LogP contribution in [-0.4, -0.2) is 11.7 Å². The molecule has 0 saturated carbocycles. The van der Waals surface area contributed by atoms with Crippen molar-refractivity contribution >= 4 is 28.7 Å². The molecule has 1 aliphatic rings. The van der Waals surface area contributed by atoms with E-state index >= 15 is 0 Å². The molecule has 1 aliphatic carbocycles. The zero-order valence-electron chi connectivity index (χ0n) is 15.1. The maximum atomic E-state index is 12.2. The average molecular weight is 380 g/mol. The van der Waals surface area contributed by atoms with Crippen molar-refractivity contribution in [3.63, 3.8) is 0 Å². The summed E-state index contributed by atoms with van der Waals surface area (Å²) in [5, 5.41) is 0.856. The van der Waals surface area contributed by atoms with Gasteiger partial charge in [0, 0.05) is 21.9 Å². The monoisotopic (exact) mass is 380 g/mol. The molecule has 0 N–H and O–H groups in total. The van der Waals surface area contributed by atoms with Crippen molar-refractivity contribution in [1.29, 1.82) is 0 Å². The number of rotatable bonds is 5. The first-order valence-corrected chi connectivity index (χ1v) is 10.0. The third kappa shape index (κ3) is 3.93. The highest BCUT2D eigenvalue weighted by molar-refractivity contribution is 8.00. The third-order valence-corrected chi connectivity index (χ3v) is 6.02. The number of thioether (sulfide) groups is 1. The average Bonchev–Trinajstić information content (AvgIpc) is 3.11. The summed E-state index contributed by atoms with van der Waals surface area (Å²) < 4.78 is 10.8. The lowest BCUT2D eigenvalue weighted by Gasteiger charge is -2.09. The van der Waals surface area contributed by atoms with E-state index in [9.17, 15) is 9.59 Å². The van der Waals surface area contributed by atoms with Crippen molar-refractivity contribution < 1.29 is 13.9 Å². The molecule has 0 saturated heterocycles. The van der Waals surface area contributed by atoms with Gasteiger partial charge >= 0.3 is 11.6 Å². The summed E-state index contributed by atoms with van der Waals surface area (Å²) >= 11 is 1.46. The fourth-order valence-electron chi connectivity index (χ4n) is 3.47. The molecule has 0 spiro atoms. The largest absolute Gasteiger partial charge is 0.460 e. The summed E-state index contributed by atoms with van der Waals surface area (Å²) in [6, 6.07) is 13.4. The minimum atomic E-state index is -0.416. The summed E-state index contributed by atoms with van der Waals surface area (Å²) in [4.78, 5) is 25.1. The van der Waals surface area contributed by atoms with Gasteiger partial charge in [0.05, 0.1) is 5.75 Å². The summed E-state index contributed by atoms with van der Waals surface area (Å²) in [7, 11) is 0. The van der Waals surface area contributed by atoms with Crippen LogP contribution in [0, 0.1) is 6.92 Å². The normalized spacial score (nSPS) is 12.9. The molecule has 1 aromatic heterocycles. The summed E-state index contributed by atoms with van der Waals surface area (Å²) in [6.07, 6.45) is 3.18. The predicted octanol–water partition coefficient (Wildman–Crippen LogP) is 4.43. The highest BCUT2D eigenvalue weighted by Crippen LogP contribution is 2.29. The second-order valence-corrected chi connectivity index (χ2v) is 7.79. The predicted molar refractivity (Wildman–Crippen MR) is 106 cm³/mol. The van der Waals surface area contributed by atoms with Gasteiger partial charge in [-0.05, 0) is 61.1 Å².